The standard InChI is InChI=1S/C23H40Cl2N2OSi/c1-7-29(8-2,9-3)28-20(21-19(24)14-17(4)27-22(21)25)16-26-15-18-10-12-23(5,6)13-11-18/h14,18,20,26H,7-13,15-16H2,1-6H3. The van der Waals surface area contributed by atoms with Crippen molar-refractivity contribution in [2.45, 2.75) is 91.5 Å². The minimum Gasteiger partial charge on any atom is -0.408 e. The molecule has 0 radical (unpaired) electrons. The Hall–Kier alpha value is -0.133. The number of aromatic nitrogens is 1. The Morgan fingerprint density at radius 2 is 1.76 bits per heavy atom. The molecule has 0 aromatic carbocycles. The number of aryl methyl sites for hydroxylation is 1. The molecule has 1 atom stereocenters. The topological polar surface area (TPSA) is 34.1 Å². The van der Waals surface area contributed by atoms with Crippen LogP contribution in [0.2, 0.25) is 28.3 Å². The maximum absolute atomic E-state index is 6.86. The second-order valence-corrected chi connectivity index (χ2v) is 15.1. The molecule has 1 aromatic rings. The van der Waals surface area contributed by atoms with Gasteiger partial charge in [-0.15, -0.1) is 0 Å². The van der Waals surface area contributed by atoms with E-state index in [1.165, 1.54) is 25.7 Å². The number of hydrogen-bond donors (Lipinski definition) is 1. The Kier molecular flexibility index (Phi) is 9.49. The molecular weight excluding hydrogens is 419 g/mol. The Bertz CT molecular complexity index is 623. The Morgan fingerprint density at radius 3 is 2.28 bits per heavy atom. The zero-order valence-corrected chi connectivity index (χ0v) is 21.7. The van der Waals surface area contributed by atoms with Crippen molar-refractivity contribution in [1.29, 1.82) is 0 Å². The zero-order chi connectivity index (χ0) is 21.7. The van der Waals surface area contributed by atoms with Gasteiger partial charge < -0.3 is 9.74 Å². The molecule has 1 heterocycles. The van der Waals surface area contributed by atoms with Crippen LogP contribution in [0.1, 0.15) is 77.7 Å². The summed E-state index contributed by atoms with van der Waals surface area (Å²) in [4.78, 5) is 4.47. The SMILES string of the molecule is CC[Si](CC)(CC)OC(CNCC1CCC(C)(C)CC1)c1c(Cl)cc(C)nc1Cl. The third-order valence-corrected chi connectivity index (χ3v) is 12.2. The highest BCUT2D eigenvalue weighted by atomic mass is 35.5. The van der Waals surface area contributed by atoms with E-state index in [-0.39, 0.29) is 6.10 Å². The number of nitrogens with zero attached hydrogens (tertiary/aromatic N) is 1. The molecule has 2 rings (SSSR count). The van der Waals surface area contributed by atoms with E-state index in [9.17, 15) is 0 Å². The minimum atomic E-state index is -1.82. The lowest BCUT2D eigenvalue weighted by molar-refractivity contribution is 0.166. The van der Waals surface area contributed by atoms with Crippen LogP contribution in [-0.2, 0) is 4.43 Å². The molecule has 0 saturated heterocycles. The predicted octanol–water partition coefficient (Wildman–Crippen LogP) is 7.57. The van der Waals surface area contributed by atoms with Crippen molar-refractivity contribution >= 4 is 31.5 Å². The van der Waals surface area contributed by atoms with Gasteiger partial charge in [-0.1, -0.05) is 57.8 Å². The summed E-state index contributed by atoms with van der Waals surface area (Å²) in [5, 5.41) is 4.84. The van der Waals surface area contributed by atoms with Crippen LogP contribution in [0.4, 0.5) is 0 Å². The maximum atomic E-state index is 6.86. The van der Waals surface area contributed by atoms with Gasteiger partial charge in [-0.05, 0) is 74.7 Å². The van der Waals surface area contributed by atoms with Gasteiger partial charge in [-0.25, -0.2) is 4.98 Å². The summed E-state index contributed by atoms with van der Waals surface area (Å²) < 4.78 is 6.86. The molecule has 0 aliphatic heterocycles. The lowest BCUT2D eigenvalue weighted by atomic mass is 9.73. The van der Waals surface area contributed by atoms with Crippen molar-refractivity contribution in [1.82, 2.24) is 10.3 Å². The molecule has 0 bridgehead atoms. The zero-order valence-electron chi connectivity index (χ0n) is 19.2. The molecular formula is C23H40Cl2N2OSi. The number of halogens is 2. The minimum absolute atomic E-state index is 0.144. The summed E-state index contributed by atoms with van der Waals surface area (Å²) in [5.74, 6) is 0.747. The molecule has 3 nitrogen and oxygen atoms in total. The van der Waals surface area contributed by atoms with Gasteiger partial charge >= 0.3 is 0 Å². The maximum Gasteiger partial charge on any atom is 0.192 e. The molecule has 1 aliphatic rings. The molecule has 1 saturated carbocycles. The van der Waals surface area contributed by atoms with Gasteiger partial charge in [-0.2, -0.15) is 0 Å². The molecule has 1 N–H and O–H groups in total. The highest BCUT2D eigenvalue weighted by Crippen LogP contribution is 2.38. The van der Waals surface area contributed by atoms with Gasteiger partial charge in [0, 0.05) is 17.8 Å². The monoisotopic (exact) mass is 458 g/mol. The first-order valence-corrected chi connectivity index (χ1v) is 14.6. The normalized spacial score (nSPS) is 18.8. The highest BCUT2D eigenvalue weighted by Gasteiger charge is 2.34. The van der Waals surface area contributed by atoms with Gasteiger partial charge in [0.05, 0.1) is 11.1 Å². The van der Waals surface area contributed by atoms with Crippen molar-refractivity contribution in [2.75, 3.05) is 13.1 Å². The number of pyridine rings is 1. The van der Waals surface area contributed by atoms with Gasteiger partial charge in [0.15, 0.2) is 8.32 Å². The van der Waals surface area contributed by atoms with E-state index in [2.05, 4.69) is 44.9 Å². The van der Waals surface area contributed by atoms with E-state index in [0.717, 1.165) is 48.4 Å². The summed E-state index contributed by atoms with van der Waals surface area (Å²) in [6, 6.07) is 5.20. The van der Waals surface area contributed by atoms with E-state index in [1.54, 1.807) is 0 Å². The Labute approximate surface area is 189 Å². The van der Waals surface area contributed by atoms with Crippen LogP contribution in [0.3, 0.4) is 0 Å². The smallest absolute Gasteiger partial charge is 0.192 e. The molecule has 1 unspecified atom stereocenters. The lowest BCUT2D eigenvalue weighted by Gasteiger charge is -2.36. The second-order valence-electron chi connectivity index (χ2n) is 9.57. The predicted molar refractivity (Wildman–Crippen MR) is 129 cm³/mol. The van der Waals surface area contributed by atoms with E-state index in [1.807, 2.05) is 13.0 Å². The largest absolute Gasteiger partial charge is 0.408 e. The Morgan fingerprint density at radius 1 is 1.17 bits per heavy atom. The van der Waals surface area contributed by atoms with Crippen molar-refractivity contribution in [3.8, 4) is 0 Å². The average molecular weight is 460 g/mol. The third-order valence-electron chi connectivity index (χ3n) is 6.96. The van der Waals surface area contributed by atoms with Crippen molar-refractivity contribution in [2.24, 2.45) is 11.3 Å². The van der Waals surface area contributed by atoms with Gasteiger partial charge in [-0.3, -0.25) is 0 Å². The summed E-state index contributed by atoms with van der Waals surface area (Å²) >= 11 is 13.2. The Balaban J connectivity index is 2.13. The summed E-state index contributed by atoms with van der Waals surface area (Å²) in [5.41, 5.74) is 2.19. The molecule has 166 valence electrons. The summed E-state index contributed by atoms with van der Waals surface area (Å²) in [6.45, 7) is 15.2. The van der Waals surface area contributed by atoms with E-state index in [0.29, 0.717) is 15.6 Å². The second kappa shape index (κ2) is 10.9. The number of rotatable bonds is 10. The van der Waals surface area contributed by atoms with Crippen LogP contribution in [0.5, 0.6) is 0 Å². The molecule has 1 fully saturated rings. The first-order chi connectivity index (χ1) is 13.6. The number of hydrogen-bond acceptors (Lipinski definition) is 3. The van der Waals surface area contributed by atoms with Crippen LogP contribution in [0.25, 0.3) is 0 Å². The van der Waals surface area contributed by atoms with Crippen molar-refractivity contribution in [3.63, 3.8) is 0 Å². The van der Waals surface area contributed by atoms with Crippen LogP contribution >= 0.6 is 23.2 Å². The lowest BCUT2D eigenvalue weighted by Crippen LogP contribution is -2.41. The van der Waals surface area contributed by atoms with Crippen LogP contribution in [0.15, 0.2) is 6.07 Å². The number of nitrogens with one attached hydrogen (secondary N) is 1. The molecule has 1 aromatic heterocycles. The third kappa shape index (κ3) is 6.93. The molecule has 29 heavy (non-hydrogen) atoms. The van der Waals surface area contributed by atoms with E-state index >= 15 is 0 Å². The van der Waals surface area contributed by atoms with Crippen molar-refractivity contribution in [3.05, 3.63) is 27.5 Å². The summed E-state index contributed by atoms with van der Waals surface area (Å²) in [7, 11) is -1.82. The van der Waals surface area contributed by atoms with Gasteiger partial charge in [0.2, 0.25) is 0 Å². The van der Waals surface area contributed by atoms with E-state index in [4.69, 9.17) is 27.6 Å². The highest BCUT2D eigenvalue weighted by molar-refractivity contribution is 6.73. The van der Waals surface area contributed by atoms with Crippen LogP contribution in [0, 0.1) is 18.3 Å². The van der Waals surface area contributed by atoms with Gasteiger partial charge in [0.25, 0.3) is 0 Å². The first kappa shape index (κ1) is 25.1. The van der Waals surface area contributed by atoms with Crippen LogP contribution < -0.4 is 5.32 Å². The fourth-order valence-corrected chi connectivity index (χ4v) is 8.06. The van der Waals surface area contributed by atoms with Crippen LogP contribution in [-0.4, -0.2) is 26.4 Å². The summed E-state index contributed by atoms with van der Waals surface area (Å²) in [6.07, 6.45) is 5.09. The molecule has 0 amide bonds. The van der Waals surface area contributed by atoms with E-state index < -0.39 is 8.32 Å². The quantitative estimate of drug-likeness (QED) is 0.289. The molecule has 1 aliphatic carbocycles. The fourth-order valence-electron chi connectivity index (χ4n) is 4.48. The first-order valence-electron chi connectivity index (χ1n) is 11.4. The molecule has 0 spiro atoms. The molecule has 6 heteroatoms. The fraction of sp³-hybridized carbons (Fsp3) is 0.783. The van der Waals surface area contributed by atoms with Gasteiger partial charge in [0.1, 0.15) is 5.15 Å². The van der Waals surface area contributed by atoms with Crippen molar-refractivity contribution < 1.29 is 4.43 Å². The average Bonchev–Trinajstić information content (AvgIpc) is 2.66.